The molecule has 0 unspecified atom stereocenters. The smallest absolute Gasteiger partial charge is 0.137 e. The highest BCUT2D eigenvalue weighted by Crippen LogP contribution is 2.58. The highest BCUT2D eigenvalue weighted by molar-refractivity contribution is 6.15. The number of rotatable bonds is 3. The monoisotopic (exact) mass is 617 g/mol. The molecule has 1 aromatic heterocycles. The van der Waals surface area contributed by atoms with Crippen molar-refractivity contribution in [3.05, 3.63) is 162 Å². The van der Waals surface area contributed by atoms with Crippen LogP contribution in [0.15, 0.2) is 144 Å². The van der Waals surface area contributed by atoms with Gasteiger partial charge in [0.15, 0.2) is 0 Å². The van der Waals surface area contributed by atoms with Gasteiger partial charge in [0.25, 0.3) is 0 Å². The van der Waals surface area contributed by atoms with Gasteiger partial charge in [-0.15, -0.1) is 0 Å². The molecule has 10 rings (SSSR count). The summed E-state index contributed by atoms with van der Waals surface area (Å²) in [5, 5.41) is 4.81. The Hall–Kier alpha value is -5.60. The van der Waals surface area contributed by atoms with Gasteiger partial charge in [-0.05, 0) is 86.1 Å². The number of benzene rings is 7. The lowest BCUT2D eigenvalue weighted by Crippen LogP contribution is -2.18. The van der Waals surface area contributed by atoms with Gasteiger partial charge in [0.2, 0.25) is 0 Å². The van der Waals surface area contributed by atoms with E-state index in [0.29, 0.717) is 0 Å². The molecule has 0 N–H and O–H groups in total. The number of hydrogen-bond acceptors (Lipinski definition) is 2. The summed E-state index contributed by atoms with van der Waals surface area (Å²) >= 11 is 0. The molecule has 0 saturated carbocycles. The third-order valence-corrected chi connectivity index (χ3v) is 11.2. The van der Waals surface area contributed by atoms with Crippen LogP contribution in [0.25, 0.3) is 55.0 Å². The second kappa shape index (κ2) is 9.49. The van der Waals surface area contributed by atoms with Crippen molar-refractivity contribution in [1.29, 1.82) is 0 Å². The number of hydrogen-bond donors (Lipinski definition) is 0. The van der Waals surface area contributed by atoms with Gasteiger partial charge in [-0.1, -0.05) is 131 Å². The molecule has 8 aromatic rings. The fourth-order valence-electron chi connectivity index (χ4n) is 8.99. The first-order valence-electron chi connectivity index (χ1n) is 16.9. The molecule has 1 heterocycles. The first-order valence-corrected chi connectivity index (χ1v) is 16.9. The molecule has 2 aliphatic carbocycles. The summed E-state index contributed by atoms with van der Waals surface area (Å²) in [4.78, 5) is 2.52. The molecule has 0 spiro atoms. The molecule has 0 radical (unpaired) electrons. The highest BCUT2D eigenvalue weighted by atomic mass is 16.3. The van der Waals surface area contributed by atoms with Crippen LogP contribution in [0.4, 0.5) is 17.1 Å². The summed E-state index contributed by atoms with van der Waals surface area (Å²) in [5.74, 6) is 0. The Morgan fingerprint density at radius 3 is 1.96 bits per heavy atom. The summed E-state index contributed by atoms with van der Waals surface area (Å²) in [5.41, 5.74) is 15.7. The minimum absolute atomic E-state index is 0.123. The third kappa shape index (κ3) is 3.52. The van der Waals surface area contributed by atoms with Gasteiger partial charge in [-0.2, -0.15) is 0 Å². The quantitative estimate of drug-likeness (QED) is 0.196. The molecule has 48 heavy (non-hydrogen) atoms. The van der Waals surface area contributed by atoms with Crippen LogP contribution in [0, 0.1) is 0 Å². The highest BCUT2D eigenvalue weighted by Gasteiger charge is 2.41. The van der Waals surface area contributed by atoms with Crippen LogP contribution < -0.4 is 4.90 Å². The fourth-order valence-corrected chi connectivity index (χ4v) is 8.99. The maximum Gasteiger partial charge on any atom is 0.137 e. The van der Waals surface area contributed by atoms with Gasteiger partial charge in [-0.25, -0.2) is 0 Å². The summed E-state index contributed by atoms with van der Waals surface area (Å²) in [6.45, 7) is 9.50. The van der Waals surface area contributed by atoms with E-state index in [0.717, 1.165) is 33.3 Å². The lowest BCUT2D eigenvalue weighted by Gasteiger charge is -2.31. The molecule has 230 valence electrons. The van der Waals surface area contributed by atoms with Gasteiger partial charge in [-0.3, -0.25) is 0 Å². The molecule has 7 aromatic carbocycles. The van der Waals surface area contributed by atoms with Crippen molar-refractivity contribution in [3.8, 4) is 22.3 Å². The summed E-state index contributed by atoms with van der Waals surface area (Å²) < 4.78 is 6.49. The lowest BCUT2D eigenvalue weighted by atomic mass is 9.80. The topological polar surface area (TPSA) is 16.4 Å². The molecular weight excluding hydrogens is 583 g/mol. The average molecular weight is 618 g/mol. The molecule has 0 aliphatic heterocycles. The standard InChI is InChI=1S/C46H35NO/c1-45(2)35-19-10-7-16-31(35)32-25-24-29(27-37(32)45)47(38-21-13-23-41-42(38)34-18-9-12-22-40(34)48-41)39-26-28-14-5-6-15-30(28)44-43(39)33-17-8-11-20-36(33)46(44,3)4/h5-27H,1-4H3. The zero-order valence-electron chi connectivity index (χ0n) is 27.6. The normalized spacial score (nSPS) is 15.0. The third-order valence-electron chi connectivity index (χ3n) is 11.2. The van der Waals surface area contributed by atoms with E-state index in [1.54, 1.807) is 0 Å². The number of furan rings is 1. The van der Waals surface area contributed by atoms with Crippen molar-refractivity contribution in [2.45, 2.75) is 38.5 Å². The largest absolute Gasteiger partial charge is 0.456 e. The minimum atomic E-state index is -0.164. The number of para-hydroxylation sites is 1. The second-order valence-corrected chi connectivity index (χ2v) is 14.5. The molecule has 0 bridgehead atoms. The summed E-state index contributed by atoms with van der Waals surface area (Å²) in [7, 11) is 0. The van der Waals surface area contributed by atoms with Gasteiger partial charge in [0.1, 0.15) is 11.2 Å². The Morgan fingerprint density at radius 2 is 1.12 bits per heavy atom. The van der Waals surface area contributed by atoms with E-state index in [2.05, 4.69) is 172 Å². The van der Waals surface area contributed by atoms with Gasteiger partial charge in [0, 0.05) is 27.5 Å². The predicted molar refractivity (Wildman–Crippen MR) is 201 cm³/mol. The molecule has 2 nitrogen and oxygen atoms in total. The molecule has 2 aliphatic rings. The Labute approximate surface area is 280 Å². The van der Waals surface area contributed by atoms with Crippen molar-refractivity contribution in [1.82, 2.24) is 0 Å². The van der Waals surface area contributed by atoms with E-state index in [1.165, 1.54) is 61.0 Å². The van der Waals surface area contributed by atoms with Crippen LogP contribution in [0.5, 0.6) is 0 Å². The van der Waals surface area contributed by atoms with Crippen LogP contribution in [0.1, 0.15) is 49.9 Å². The molecule has 0 amide bonds. The SMILES string of the molecule is CC1(C)c2ccccc2-c2ccc(N(c3cc4ccccc4c4c3-c3ccccc3C4(C)C)c3cccc4oc5ccccc5c34)cc21. The van der Waals surface area contributed by atoms with Gasteiger partial charge >= 0.3 is 0 Å². The number of nitrogens with zero attached hydrogens (tertiary/aromatic N) is 1. The molecule has 2 heteroatoms. The fraction of sp³-hybridized carbons (Fsp3) is 0.130. The molecule has 0 saturated heterocycles. The Bertz CT molecular complexity index is 2630. The van der Waals surface area contributed by atoms with Crippen molar-refractivity contribution in [2.75, 3.05) is 4.90 Å². The van der Waals surface area contributed by atoms with E-state index in [4.69, 9.17) is 4.42 Å². The Balaban J connectivity index is 1.35. The van der Waals surface area contributed by atoms with Crippen LogP contribution in [0.2, 0.25) is 0 Å². The van der Waals surface area contributed by atoms with Crippen LogP contribution in [0.3, 0.4) is 0 Å². The van der Waals surface area contributed by atoms with E-state index >= 15 is 0 Å². The number of anilines is 3. The van der Waals surface area contributed by atoms with E-state index in [9.17, 15) is 0 Å². The first-order chi connectivity index (χ1) is 23.3. The van der Waals surface area contributed by atoms with E-state index in [1.807, 2.05) is 0 Å². The Morgan fingerprint density at radius 1 is 0.479 bits per heavy atom. The first kappa shape index (κ1) is 27.5. The second-order valence-electron chi connectivity index (χ2n) is 14.5. The van der Waals surface area contributed by atoms with Crippen LogP contribution in [-0.2, 0) is 10.8 Å². The average Bonchev–Trinajstić information content (AvgIpc) is 3.69. The van der Waals surface area contributed by atoms with Crippen molar-refractivity contribution in [2.24, 2.45) is 0 Å². The van der Waals surface area contributed by atoms with E-state index < -0.39 is 0 Å². The minimum Gasteiger partial charge on any atom is -0.456 e. The number of fused-ring (bicyclic) bond motifs is 11. The van der Waals surface area contributed by atoms with Crippen molar-refractivity contribution < 1.29 is 4.42 Å². The molecule has 0 fully saturated rings. The summed E-state index contributed by atoms with van der Waals surface area (Å²) in [6.07, 6.45) is 0. The molecule has 0 atom stereocenters. The van der Waals surface area contributed by atoms with Crippen LogP contribution in [-0.4, -0.2) is 0 Å². The lowest BCUT2D eigenvalue weighted by molar-refractivity contribution is 0.660. The maximum atomic E-state index is 6.49. The zero-order valence-corrected chi connectivity index (χ0v) is 27.6. The van der Waals surface area contributed by atoms with Crippen molar-refractivity contribution >= 4 is 49.8 Å². The molecular formula is C46H35NO. The maximum absolute atomic E-state index is 6.49. The predicted octanol–water partition coefficient (Wildman–Crippen LogP) is 12.8. The van der Waals surface area contributed by atoms with Crippen LogP contribution >= 0.6 is 0 Å². The van der Waals surface area contributed by atoms with E-state index in [-0.39, 0.29) is 10.8 Å². The van der Waals surface area contributed by atoms with Gasteiger partial charge < -0.3 is 9.32 Å². The Kier molecular flexibility index (Phi) is 5.44. The summed E-state index contributed by atoms with van der Waals surface area (Å²) in [6, 6.07) is 51.3. The van der Waals surface area contributed by atoms with Gasteiger partial charge in [0.05, 0.1) is 16.8 Å². The zero-order chi connectivity index (χ0) is 32.4. The van der Waals surface area contributed by atoms with Crippen molar-refractivity contribution in [3.63, 3.8) is 0 Å².